The molecule has 0 unspecified atom stereocenters. The molecule has 0 spiro atoms. The third-order valence-electron chi connectivity index (χ3n) is 1.75. The summed E-state index contributed by atoms with van der Waals surface area (Å²) in [7, 11) is 0. The van der Waals surface area contributed by atoms with Crippen LogP contribution in [0.4, 0.5) is 0 Å². The number of fused-ring (bicyclic) bond motifs is 1. The fourth-order valence-electron chi connectivity index (χ4n) is 1.19. The SMILES string of the molecule is [C]c1ccc2ccccc2c1. The van der Waals surface area contributed by atoms with Gasteiger partial charge in [-0.15, -0.1) is 0 Å². The Bertz CT molecular complexity index is 374. The van der Waals surface area contributed by atoms with Gasteiger partial charge in [-0.25, -0.2) is 0 Å². The van der Waals surface area contributed by atoms with Gasteiger partial charge in [0.05, 0.1) is 0 Å². The molecule has 0 fully saturated rings. The molecule has 2 rings (SSSR count). The van der Waals surface area contributed by atoms with Gasteiger partial charge in [-0.1, -0.05) is 42.5 Å². The minimum Gasteiger partial charge on any atom is -0.0616 e. The van der Waals surface area contributed by atoms with E-state index in [-0.39, 0.29) is 0 Å². The van der Waals surface area contributed by atoms with Crippen molar-refractivity contribution >= 4 is 10.8 Å². The lowest BCUT2D eigenvalue weighted by Crippen LogP contribution is -1.73. The van der Waals surface area contributed by atoms with Crippen molar-refractivity contribution in [1.82, 2.24) is 0 Å². The largest absolute Gasteiger partial charge is 0.0616 e. The third kappa shape index (κ3) is 1.12. The van der Waals surface area contributed by atoms with E-state index in [4.69, 9.17) is 6.92 Å². The molecule has 0 heteroatoms. The maximum absolute atomic E-state index is 7.38. The molecule has 0 atom stereocenters. The summed E-state index contributed by atoms with van der Waals surface area (Å²) >= 11 is 0. The fourth-order valence-corrected chi connectivity index (χ4v) is 1.19. The molecule has 0 heterocycles. The Morgan fingerprint density at radius 1 is 0.818 bits per heavy atom. The first kappa shape index (κ1) is 6.41. The quantitative estimate of drug-likeness (QED) is 0.526. The molecule has 0 N–H and O–H groups in total. The summed E-state index contributed by atoms with van der Waals surface area (Å²) in [5.41, 5.74) is 0.573. The van der Waals surface area contributed by atoms with Crippen LogP contribution in [0.3, 0.4) is 0 Å². The highest BCUT2D eigenvalue weighted by Gasteiger charge is 1.89. The van der Waals surface area contributed by atoms with Crippen LogP contribution in [0.5, 0.6) is 0 Å². The highest BCUT2D eigenvalue weighted by molar-refractivity contribution is 5.83. The summed E-state index contributed by atoms with van der Waals surface area (Å²) in [4.78, 5) is 0. The van der Waals surface area contributed by atoms with Crippen LogP contribution in [0, 0.1) is 6.92 Å². The second-order valence-corrected chi connectivity index (χ2v) is 2.56. The van der Waals surface area contributed by atoms with Crippen LogP contribution >= 0.6 is 0 Å². The lowest BCUT2D eigenvalue weighted by Gasteiger charge is -1.96. The molecule has 3 radical (unpaired) electrons. The zero-order valence-corrected chi connectivity index (χ0v) is 6.04. The lowest BCUT2D eigenvalue weighted by molar-refractivity contribution is 1.66. The molecule has 2 aromatic rings. The summed E-state index contributed by atoms with van der Waals surface area (Å²) < 4.78 is 0. The second kappa shape index (κ2) is 2.39. The first-order valence-corrected chi connectivity index (χ1v) is 3.57. The van der Waals surface area contributed by atoms with Crippen LogP contribution in [0.1, 0.15) is 5.56 Å². The van der Waals surface area contributed by atoms with Gasteiger partial charge in [0.2, 0.25) is 0 Å². The Balaban J connectivity index is 2.83. The van der Waals surface area contributed by atoms with Crippen molar-refractivity contribution in [2.45, 2.75) is 0 Å². The normalized spacial score (nSPS) is 10.3. The van der Waals surface area contributed by atoms with Crippen molar-refractivity contribution < 1.29 is 0 Å². The number of hydrogen-bond acceptors (Lipinski definition) is 0. The minimum atomic E-state index is 0.573. The Labute approximate surface area is 66.5 Å². The van der Waals surface area contributed by atoms with E-state index in [1.165, 1.54) is 5.39 Å². The zero-order chi connectivity index (χ0) is 7.68. The Morgan fingerprint density at radius 2 is 1.55 bits per heavy atom. The smallest absolute Gasteiger partial charge is 0.0299 e. The van der Waals surface area contributed by atoms with Gasteiger partial charge in [0, 0.05) is 6.92 Å². The second-order valence-electron chi connectivity index (χ2n) is 2.56. The number of hydrogen-bond donors (Lipinski definition) is 0. The molecule has 0 aliphatic heterocycles. The summed E-state index contributed by atoms with van der Waals surface area (Å²) in [6, 6.07) is 13.7. The van der Waals surface area contributed by atoms with E-state index in [0.717, 1.165) is 5.39 Å². The van der Waals surface area contributed by atoms with Crippen molar-refractivity contribution in [3.05, 3.63) is 55.0 Å². The molecule has 51 valence electrons. The van der Waals surface area contributed by atoms with Crippen molar-refractivity contribution in [2.75, 3.05) is 0 Å². The molecule has 11 heavy (non-hydrogen) atoms. The Hall–Kier alpha value is -1.30. The van der Waals surface area contributed by atoms with Crippen LogP contribution in [0.15, 0.2) is 42.5 Å². The number of benzene rings is 2. The zero-order valence-electron chi connectivity index (χ0n) is 6.04. The van der Waals surface area contributed by atoms with Crippen molar-refractivity contribution in [3.8, 4) is 0 Å². The molecule has 0 aromatic heterocycles. The van der Waals surface area contributed by atoms with Gasteiger partial charge in [-0.05, 0) is 16.3 Å². The molecule has 0 saturated heterocycles. The van der Waals surface area contributed by atoms with E-state index in [1.807, 2.05) is 36.4 Å². The monoisotopic (exact) mass is 139 g/mol. The van der Waals surface area contributed by atoms with Gasteiger partial charge in [-0.3, -0.25) is 0 Å². The van der Waals surface area contributed by atoms with Crippen LogP contribution in [-0.4, -0.2) is 0 Å². The van der Waals surface area contributed by atoms with Crippen molar-refractivity contribution in [1.29, 1.82) is 0 Å². The average molecular weight is 139 g/mol. The van der Waals surface area contributed by atoms with Gasteiger partial charge in [0.25, 0.3) is 0 Å². The fraction of sp³-hybridized carbons (Fsp3) is 0. The molecule has 0 aliphatic rings. The molecule has 0 aliphatic carbocycles. The van der Waals surface area contributed by atoms with Crippen LogP contribution in [0.25, 0.3) is 10.8 Å². The van der Waals surface area contributed by atoms with Gasteiger partial charge in [0.15, 0.2) is 0 Å². The van der Waals surface area contributed by atoms with E-state index < -0.39 is 0 Å². The topological polar surface area (TPSA) is 0 Å². The maximum atomic E-state index is 7.38. The lowest BCUT2D eigenvalue weighted by atomic mass is 10.1. The molecular weight excluding hydrogens is 132 g/mol. The van der Waals surface area contributed by atoms with Gasteiger partial charge in [-0.2, -0.15) is 0 Å². The van der Waals surface area contributed by atoms with E-state index in [9.17, 15) is 0 Å². The Kier molecular flexibility index (Phi) is 1.39. The summed E-state index contributed by atoms with van der Waals surface area (Å²) in [6.07, 6.45) is 0. The molecular formula is C11H7. The van der Waals surface area contributed by atoms with Gasteiger partial charge in [0.1, 0.15) is 0 Å². The van der Waals surface area contributed by atoms with Gasteiger partial charge < -0.3 is 0 Å². The average Bonchev–Trinajstić information content (AvgIpc) is 2.04. The summed E-state index contributed by atoms with van der Waals surface area (Å²) in [5, 5.41) is 2.34. The summed E-state index contributed by atoms with van der Waals surface area (Å²) in [6.45, 7) is 7.38. The maximum Gasteiger partial charge on any atom is 0.0299 e. The van der Waals surface area contributed by atoms with Crippen LogP contribution in [0.2, 0.25) is 0 Å². The molecule has 0 bridgehead atoms. The van der Waals surface area contributed by atoms with Crippen LogP contribution < -0.4 is 0 Å². The predicted octanol–water partition coefficient (Wildman–Crippen LogP) is 2.78. The predicted molar refractivity (Wildman–Crippen MR) is 46.3 cm³/mol. The van der Waals surface area contributed by atoms with E-state index in [1.54, 1.807) is 0 Å². The van der Waals surface area contributed by atoms with Crippen molar-refractivity contribution in [2.24, 2.45) is 0 Å². The van der Waals surface area contributed by atoms with Gasteiger partial charge >= 0.3 is 0 Å². The molecule has 2 aromatic carbocycles. The molecule has 0 saturated carbocycles. The van der Waals surface area contributed by atoms with E-state index in [2.05, 4.69) is 6.07 Å². The highest BCUT2D eigenvalue weighted by Crippen LogP contribution is 2.14. The summed E-state index contributed by atoms with van der Waals surface area (Å²) in [5.74, 6) is 0. The van der Waals surface area contributed by atoms with Crippen molar-refractivity contribution in [3.63, 3.8) is 0 Å². The first-order valence-electron chi connectivity index (χ1n) is 3.57. The number of rotatable bonds is 0. The third-order valence-corrected chi connectivity index (χ3v) is 1.75. The molecule has 0 amide bonds. The van der Waals surface area contributed by atoms with Crippen LogP contribution in [-0.2, 0) is 0 Å². The first-order chi connectivity index (χ1) is 5.36. The van der Waals surface area contributed by atoms with E-state index in [0.29, 0.717) is 5.56 Å². The standard InChI is InChI=1S/C11H7/c1-9-6-7-10-4-2-3-5-11(10)8-9/h2-8H. The highest BCUT2D eigenvalue weighted by atomic mass is 13.9. The van der Waals surface area contributed by atoms with E-state index >= 15 is 0 Å². The Morgan fingerprint density at radius 3 is 2.36 bits per heavy atom. The molecule has 0 nitrogen and oxygen atoms in total. The minimum absolute atomic E-state index is 0.573.